The number of anilines is 1. The number of carbonyl (C=O) groups is 1. The first-order valence-electron chi connectivity index (χ1n) is 9.95. The minimum Gasteiger partial charge on any atom is -0.467 e. The number of carbonyl (C=O) groups excluding carboxylic acids is 1. The van der Waals surface area contributed by atoms with E-state index in [1.54, 1.807) is 48.1 Å². The van der Waals surface area contributed by atoms with Crippen molar-refractivity contribution < 1.29 is 17.6 Å². The van der Waals surface area contributed by atoms with Crippen LogP contribution in [0.5, 0.6) is 0 Å². The van der Waals surface area contributed by atoms with Crippen LogP contribution in [0.1, 0.15) is 42.8 Å². The minimum atomic E-state index is -3.84. The van der Waals surface area contributed by atoms with E-state index in [1.165, 1.54) is 0 Å². The molecule has 0 saturated carbocycles. The number of benzene rings is 1. The molecule has 160 valence electrons. The van der Waals surface area contributed by atoms with Gasteiger partial charge in [-0.05, 0) is 56.5 Å². The van der Waals surface area contributed by atoms with Crippen LogP contribution >= 0.6 is 0 Å². The molecule has 1 N–H and O–H groups in total. The molecule has 0 bridgehead atoms. The maximum absolute atomic E-state index is 13.6. The summed E-state index contributed by atoms with van der Waals surface area (Å²) in [7, 11) is -3.84. The van der Waals surface area contributed by atoms with Crippen molar-refractivity contribution in [2.24, 2.45) is 5.92 Å². The van der Waals surface area contributed by atoms with Crippen LogP contribution in [0.2, 0.25) is 0 Å². The molecule has 0 radical (unpaired) electrons. The zero-order chi connectivity index (χ0) is 22.1. The van der Waals surface area contributed by atoms with E-state index in [4.69, 9.17) is 4.42 Å². The van der Waals surface area contributed by atoms with Crippen LogP contribution in [0, 0.1) is 26.7 Å². The van der Waals surface area contributed by atoms with Crippen molar-refractivity contribution in [3.05, 3.63) is 65.2 Å². The molecule has 1 aromatic carbocycles. The molecule has 3 rings (SSSR count). The van der Waals surface area contributed by atoms with Crippen LogP contribution < -0.4 is 5.32 Å². The minimum absolute atomic E-state index is 0.132. The zero-order valence-corrected chi connectivity index (χ0v) is 18.8. The van der Waals surface area contributed by atoms with E-state index in [-0.39, 0.29) is 27.4 Å². The summed E-state index contributed by atoms with van der Waals surface area (Å²) in [6.07, 6.45) is 1.87. The Bertz CT molecular complexity index is 1140. The van der Waals surface area contributed by atoms with Crippen LogP contribution in [0.25, 0.3) is 0 Å². The molecule has 3 aromatic rings. The van der Waals surface area contributed by atoms with Crippen molar-refractivity contribution in [3.8, 4) is 0 Å². The summed E-state index contributed by atoms with van der Waals surface area (Å²) in [5.74, 6) is 0.890. The molecule has 0 aliphatic heterocycles. The first-order chi connectivity index (χ1) is 14.1. The Morgan fingerprint density at radius 1 is 1.10 bits per heavy atom. The number of aromatic nitrogens is 1. The molecule has 6 nitrogen and oxygen atoms in total. The first kappa shape index (κ1) is 21.9. The van der Waals surface area contributed by atoms with Crippen LogP contribution in [0.3, 0.4) is 0 Å². The molecular weight excluding hydrogens is 400 g/mol. The molecule has 0 unspecified atom stereocenters. The van der Waals surface area contributed by atoms with Gasteiger partial charge in [-0.1, -0.05) is 31.5 Å². The highest BCUT2D eigenvalue weighted by atomic mass is 32.2. The number of hydrogen-bond acceptors (Lipinski definition) is 4. The van der Waals surface area contributed by atoms with Crippen LogP contribution in [-0.4, -0.2) is 18.9 Å². The molecule has 0 saturated heterocycles. The van der Waals surface area contributed by atoms with Gasteiger partial charge in [0.2, 0.25) is 15.7 Å². The highest BCUT2D eigenvalue weighted by Crippen LogP contribution is 2.36. The number of nitrogens with one attached hydrogen (secondary N) is 1. The second kappa shape index (κ2) is 8.52. The highest BCUT2D eigenvalue weighted by Gasteiger charge is 2.30. The third-order valence-corrected chi connectivity index (χ3v) is 7.05. The summed E-state index contributed by atoms with van der Waals surface area (Å²) >= 11 is 0. The normalized spacial score (nSPS) is 11.8. The maximum Gasteiger partial charge on any atom is 0.225 e. The second-order valence-corrected chi connectivity index (χ2v) is 9.90. The third-order valence-electron chi connectivity index (χ3n) is 5.12. The van der Waals surface area contributed by atoms with Gasteiger partial charge in [0, 0.05) is 12.1 Å². The Hall–Kier alpha value is -2.80. The van der Waals surface area contributed by atoms with Gasteiger partial charge in [0.05, 0.1) is 17.7 Å². The zero-order valence-electron chi connectivity index (χ0n) is 18.0. The molecule has 2 heterocycles. The van der Waals surface area contributed by atoms with Crippen molar-refractivity contribution in [2.45, 2.75) is 57.4 Å². The Kier molecular flexibility index (Phi) is 6.22. The van der Waals surface area contributed by atoms with E-state index in [0.717, 1.165) is 11.3 Å². The van der Waals surface area contributed by atoms with Gasteiger partial charge in [0.1, 0.15) is 16.5 Å². The molecule has 2 aromatic heterocycles. The van der Waals surface area contributed by atoms with E-state index in [2.05, 4.69) is 5.32 Å². The molecule has 0 spiro atoms. The summed E-state index contributed by atoms with van der Waals surface area (Å²) in [6, 6.07) is 10.3. The summed E-state index contributed by atoms with van der Waals surface area (Å²) in [5, 5.41) is 2.88. The number of sulfone groups is 1. The molecule has 0 fully saturated rings. The quantitative estimate of drug-likeness (QED) is 0.582. The molecule has 7 heteroatoms. The fraction of sp³-hybridized carbons (Fsp3) is 0.348. The predicted molar refractivity (Wildman–Crippen MR) is 116 cm³/mol. The summed E-state index contributed by atoms with van der Waals surface area (Å²) in [5.41, 5.74) is 2.35. The van der Waals surface area contributed by atoms with Gasteiger partial charge in [-0.15, -0.1) is 0 Å². The Morgan fingerprint density at radius 2 is 1.77 bits per heavy atom. The Morgan fingerprint density at radius 3 is 2.33 bits per heavy atom. The van der Waals surface area contributed by atoms with Crippen molar-refractivity contribution in [3.63, 3.8) is 0 Å². The maximum atomic E-state index is 13.6. The van der Waals surface area contributed by atoms with Gasteiger partial charge < -0.3 is 14.3 Å². The van der Waals surface area contributed by atoms with E-state index in [1.807, 2.05) is 33.8 Å². The van der Waals surface area contributed by atoms with E-state index in [9.17, 15) is 13.2 Å². The Labute approximate surface area is 177 Å². The fourth-order valence-electron chi connectivity index (χ4n) is 3.43. The summed E-state index contributed by atoms with van der Waals surface area (Å²) < 4.78 is 34.4. The van der Waals surface area contributed by atoms with Crippen LogP contribution in [-0.2, 0) is 21.2 Å². The lowest BCUT2D eigenvalue weighted by Gasteiger charge is -2.14. The number of nitrogens with zero attached hydrogens (tertiary/aromatic N) is 1. The number of rotatable bonds is 7. The molecule has 0 atom stereocenters. The SMILES string of the molecule is Cc1ccc(S(=O)(=O)c2c(C)c(C)n(Cc3ccco3)c2NC(=O)CC(C)C)cc1. The molecule has 0 aliphatic rings. The average Bonchev–Trinajstić information content (AvgIpc) is 3.24. The van der Waals surface area contributed by atoms with Gasteiger partial charge in [-0.2, -0.15) is 0 Å². The average molecular weight is 429 g/mol. The lowest BCUT2D eigenvalue weighted by atomic mass is 10.1. The van der Waals surface area contributed by atoms with Crippen LogP contribution in [0.15, 0.2) is 56.9 Å². The predicted octanol–water partition coefficient (Wildman–Crippen LogP) is 4.87. The lowest BCUT2D eigenvalue weighted by Crippen LogP contribution is -2.19. The van der Waals surface area contributed by atoms with Gasteiger partial charge in [-0.25, -0.2) is 8.42 Å². The highest BCUT2D eigenvalue weighted by molar-refractivity contribution is 7.91. The topological polar surface area (TPSA) is 81.3 Å². The molecule has 30 heavy (non-hydrogen) atoms. The number of hydrogen-bond donors (Lipinski definition) is 1. The molecule has 1 amide bonds. The van der Waals surface area contributed by atoms with Gasteiger partial charge >= 0.3 is 0 Å². The smallest absolute Gasteiger partial charge is 0.225 e. The van der Waals surface area contributed by atoms with Crippen molar-refractivity contribution in [1.82, 2.24) is 4.57 Å². The van der Waals surface area contributed by atoms with E-state index < -0.39 is 9.84 Å². The second-order valence-electron chi connectivity index (χ2n) is 8.02. The molecular formula is C23H28N2O4S. The Balaban J connectivity index is 2.17. The van der Waals surface area contributed by atoms with Gasteiger partial charge in [0.15, 0.2) is 0 Å². The number of furan rings is 1. The van der Waals surface area contributed by atoms with Gasteiger partial charge in [0.25, 0.3) is 0 Å². The number of aryl methyl sites for hydroxylation is 1. The third kappa shape index (κ3) is 4.36. The van der Waals surface area contributed by atoms with Crippen molar-refractivity contribution in [2.75, 3.05) is 5.32 Å². The fourth-order valence-corrected chi connectivity index (χ4v) is 5.13. The van der Waals surface area contributed by atoms with E-state index in [0.29, 0.717) is 24.3 Å². The van der Waals surface area contributed by atoms with E-state index >= 15 is 0 Å². The lowest BCUT2D eigenvalue weighted by molar-refractivity contribution is -0.116. The van der Waals surface area contributed by atoms with Gasteiger partial charge in [-0.3, -0.25) is 4.79 Å². The monoisotopic (exact) mass is 428 g/mol. The van der Waals surface area contributed by atoms with Crippen LogP contribution in [0.4, 0.5) is 5.82 Å². The standard InChI is InChI=1S/C23H28N2O4S/c1-15(2)13-21(26)24-23-22(30(27,28)20-10-8-16(3)9-11-20)17(4)18(5)25(23)14-19-7-6-12-29-19/h6-12,15H,13-14H2,1-5H3,(H,24,26). The summed E-state index contributed by atoms with van der Waals surface area (Å²) in [6.45, 7) is 9.74. The first-order valence-corrected chi connectivity index (χ1v) is 11.4. The molecule has 0 aliphatic carbocycles. The van der Waals surface area contributed by atoms with Crippen molar-refractivity contribution >= 4 is 21.6 Å². The number of amides is 1. The summed E-state index contributed by atoms with van der Waals surface area (Å²) in [4.78, 5) is 12.9. The van der Waals surface area contributed by atoms with Crippen molar-refractivity contribution in [1.29, 1.82) is 0 Å². The largest absolute Gasteiger partial charge is 0.467 e.